The summed E-state index contributed by atoms with van der Waals surface area (Å²) in [7, 11) is 3.29. The van der Waals surface area contributed by atoms with Gasteiger partial charge < -0.3 is 25.3 Å². The lowest BCUT2D eigenvalue weighted by Gasteiger charge is -2.15. The number of nitrogens with zero attached hydrogens (tertiary/aromatic N) is 2. The van der Waals surface area contributed by atoms with Crippen LogP contribution >= 0.6 is 12.4 Å². The lowest BCUT2D eigenvalue weighted by Crippen LogP contribution is -1.98. The summed E-state index contributed by atoms with van der Waals surface area (Å²) in [6.07, 6.45) is 1.69. The van der Waals surface area contributed by atoms with Crippen LogP contribution in [0, 0.1) is 6.92 Å². The molecule has 4 aromatic rings. The number of imidazole rings is 1. The molecule has 0 radical (unpaired) electrons. The summed E-state index contributed by atoms with van der Waals surface area (Å²) in [5.41, 5.74) is 5.44. The lowest BCUT2D eigenvalue weighted by molar-refractivity contribution is 0.405. The quantitative estimate of drug-likeness (QED) is 0.553. The fraction of sp³-hybridized carbons (Fsp3) is 0.158. The summed E-state index contributed by atoms with van der Waals surface area (Å²) in [6, 6.07) is 11.6. The number of hydrogen-bond donors (Lipinski definition) is 2. The molecule has 0 aliphatic rings. The number of fused-ring (bicyclic) bond motifs is 3. The molecule has 0 aliphatic carbocycles. The van der Waals surface area contributed by atoms with Gasteiger partial charge in [-0.15, -0.1) is 12.4 Å². The molecule has 2 aromatic heterocycles. The number of methoxy groups -OCH3 is 2. The van der Waals surface area contributed by atoms with E-state index >= 15 is 0 Å². The number of aryl methyl sites for hydroxylation is 1. The second kappa shape index (κ2) is 8.11. The van der Waals surface area contributed by atoms with Crippen LogP contribution in [0.5, 0.6) is 11.5 Å². The minimum absolute atomic E-state index is 0. The molecule has 0 atom stereocenters. The Hall–Kier alpha value is -3.03. The molecule has 8 heteroatoms. The molecular formula is C19H21ClN4O3. The Balaban J connectivity index is 0.00000131. The van der Waals surface area contributed by atoms with Crippen LogP contribution in [0.3, 0.4) is 0 Å². The Morgan fingerprint density at radius 2 is 1.74 bits per heavy atom. The number of pyridine rings is 1. The first-order chi connectivity index (χ1) is 12.2. The smallest absolute Gasteiger partial charge is 0.142 e. The number of H-pyrrole nitrogens is 1. The van der Waals surface area contributed by atoms with E-state index in [0.717, 1.165) is 50.5 Å². The summed E-state index contributed by atoms with van der Waals surface area (Å²) in [5, 5.41) is 4.46. The average molecular weight is 389 g/mol. The molecule has 0 fully saturated rings. The zero-order valence-electron chi connectivity index (χ0n) is 15.2. The van der Waals surface area contributed by atoms with E-state index in [9.17, 15) is 0 Å². The number of rotatable bonds is 4. The normalized spacial score (nSPS) is 10.2. The van der Waals surface area contributed by atoms with Gasteiger partial charge in [-0.05, 0) is 37.3 Å². The Morgan fingerprint density at radius 1 is 0.963 bits per heavy atom. The van der Waals surface area contributed by atoms with Crippen molar-refractivity contribution in [2.45, 2.75) is 6.92 Å². The highest BCUT2D eigenvalue weighted by Crippen LogP contribution is 2.36. The first-order valence-corrected chi connectivity index (χ1v) is 7.92. The molecule has 0 saturated heterocycles. The largest absolute Gasteiger partial charge is 0.497 e. The van der Waals surface area contributed by atoms with Crippen molar-refractivity contribution >= 4 is 45.7 Å². The van der Waals surface area contributed by atoms with E-state index in [1.807, 2.05) is 43.3 Å². The van der Waals surface area contributed by atoms with E-state index in [1.165, 1.54) is 0 Å². The molecule has 2 heterocycles. The number of aromatic nitrogens is 3. The Kier molecular flexibility index (Phi) is 6.09. The molecule has 4 N–H and O–H groups in total. The standard InChI is InChI=1S/C19H18N4O2.ClH.H2O/c1-11-8-16(23-15-9-12(24-2)4-7-17(15)25-3)18-13(22-11)5-6-14-19(18)21-10-20-14;;/h4-10H,1-3H3,(H,20,21)(H,22,23);1H;1H2. The number of hydrogen-bond acceptors (Lipinski definition) is 5. The second-order valence-electron chi connectivity index (χ2n) is 5.76. The fourth-order valence-corrected chi connectivity index (χ4v) is 3.03. The maximum Gasteiger partial charge on any atom is 0.142 e. The third kappa shape index (κ3) is 3.60. The zero-order valence-corrected chi connectivity index (χ0v) is 16.0. The highest BCUT2D eigenvalue weighted by molar-refractivity contribution is 6.10. The number of halogens is 1. The van der Waals surface area contributed by atoms with Gasteiger partial charge in [-0.2, -0.15) is 0 Å². The summed E-state index contributed by atoms with van der Waals surface area (Å²) in [6.45, 7) is 1.98. The van der Waals surface area contributed by atoms with Gasteiger partial charge in [-0.25, -0.2) is 4.98 Å². The molecule has 142 valence electrons. The van der Waals surface area contributed by atoms with E-state index in [4.69, 9.17) is 9.47 Å². The molecule has 27 heavy (non-hydrogen) atoms. The third-order valence-corrected chi connectivity index (χ3v) is 4.17. The van der Waals surface area contributed by atoms with Crippen LogP contribution in [0.25, 0.3) is 21.9 Å². The number of aromatic amines is 1. The summed E-state index contributed by atoms with van der Waals surface area (Å²) in [4.78, 5) is 12.2. The van der Waals surface area contributed by atoms with Crippen LogP contribution in [0.1, 0.15) is 5.69 Å². The fourth-order valence-electron chi connectivity index (χ4n) is 3.03. The predicted octanol–water partition coefficient (Wildman–Crippen LogP) is 3.78. The molecule has 0 bridgehead atoms. The molecule has 0 saturated carbocycles. The Morgan fingerprint density at radius 3 is 2.48 bits per heavy atom. The van der Waals surface area contributed by atoms with Crippen LogP contribution in [-0.2, 0) is 0 Å². The summed E-state index contributed by atoms with van der Waals surface area (Å²) >= 11 is 0. The van der Waals surface area contributed by atoms with Crippen LogP contribution in [-0.4, -0.2) is 34.6 Å². The topological polar surface area (TPSA) is 104 Å². The lowest BCUT2D eigenvalue weighted by atomic mass is 10.1. The minimum atomic E-state index is 0. The maximum atomic E-state index is 5.48. The highest BCUT2D eigenvalue weighted by Gasteiger charge is 2.12. The SMILES string of the molecule is COc1ccc(OC)c(Nc2cc(C)nc3ccc4nc[nH]c4c23)c1.Cl.O. The van der Waals surface area contributed by atoms with E-state index in [2.05, 4.69) is 20.3 Å². The molecule has 7 nitrogen and oxygen atoms in total. The molecule has 0 amide bonds. The second-order valence-corrected chi connectivity index (χ2v) is 5.76. The van der Waals surface area contributed by atoms with Crippen molar-refractivity contribution in [3.05, 3.63) is 48.4 Å². The van der Waals surface area contributed by atoms with Crippen molar-refractivity contribution in [3.63, 3.8) is 0 Å². The Labute approximate surface area is 162 Å². The van der Waals surface area contributed by atoms with E-state index in [-0.39, 0.29) is 17.9 Å². The van der Waals surface area contributed by atoms with E-state index in [0.29, 0.717) is 0 Å². The zero-order chi connectivity index (χ0) is 17.4. The third-order valence-electron chi connectivity index (χ3n) is 4.17. The molecule has 0 spiro atoms. The van der Waals surface area contributed by atoms with Gasteiger partial charge in [0.15, 0.2) is 0 Å². The average Bonchev–Trinajstić information content (AvgIpc) is 3.09. The van der Waals surface area contributed by atoms with Crippen molar-refractivity contribution in [1.29, 1.82) is 0 Å². The maximum absolute atomic E-state index is 5.48. The number of nitrogens with one attached hydrogen (secondary N) is 2. The number of benzene rings is 2. The molecular weight excluding hydrogens is 368 g/mol. The molecule has 0 aliphatic heterocycles. The monoisotopic (exact) mass is 388 g/mol. The number of ether oxygens (including phenoxy) is 2. The molecule has 2 aromatic carbocycles. The van der Waals surface area contributed by atoms with Crippen LogP contribution < -0.4 is 14.8 Å². The van der Waals surface area contributed by atoms with Crippen molar-refractivity contribution in [2.75, 3.05) is 19.5 Å². The summed E-state index contributed by atoms with van der Waals surface area (Å²) < 4.78 is 10.8. The van der Waals surface area contributed by atoms with Gasteiger partial charge in [0.1, 0.15) is 11.5 Å². The van der Waals surface area contributed by atoms with Gasteiger partial charge in [-0.1, -0.05) is 0 Å². The predicted molar refractivity (Wildman–Crippen MR) is 110 cm³/mol. The van der Waals surface area contributed by atoms with Crippen molar-refractivity contribution < 1.29 is 14.9 Å². The minimum Gasteiger partial charge on any atom is -0.497 e. The van der Waals surface area contributed by atoms with E-state index in [1.54, 1.807) is 20.5 Å². The van der Waals surface area contributed by atoms with Gasteiger partial charge in [0.2, 0.25) is 0 Å². The first-order valence-electron chi connectivity index (χ1n) is 7.92. The van der Waals surface area contributed by atoms with Gasteiger partial charge in [-0.3, -0.25) is 4.98 Å². The first kappa shape index (κ1) is 20.3. The van der Waals surface area contributed by atoms with Crippen molar-refractivity contribution in [3.8, 4) is 11.5 Å². The van der Waals surface area contributed by atoms with Crippen LogP contribution in [0.4, 0.5) is 11.4 Å². The van der Waals surface area contributed by atoms with Crippen LogP contribution in [0.15, 0.2) is 42.7 Å². The Bertz CT molecular complexity index is 1080. The van der Waals surface area contributed by atoms with Crippen molar-refractivity contribution in [1.82, 2.24) is 15.0 Å². The van der Waals surface area contributed by atoms with Gasteiger partial charge in [0.25, 0.3) is 0 Å². The van der Waals surface area contributed by atoms with Crippen LogP contribution in [0.2, 0.25) is 0 Å². The highest BCUT2D eigenvalue weighted by atomic mass is 35.5. The molecule has 0 unspecified atom stereocenters. The van der Waals surface area contributed by atoms with Gasteiger partial charge >= 0.3 is 0 Å². The summed E-state index contributed by atoms with van der Waals surface area (Å²) in [5.74, 6) is 1.49. The van der Waals surface area contributed by atoms with Crippen molar-refractivity contribution in [2.24, 2.45) is 0 Å². The number of anilines is 2. The van der Waals surface area contributed by atoms with Gasteiger partial charge in [0, 0.05) is 17.1 Å². The van der Waals surface area contributed by atoms with Gasteiger partial charge in [0.05, 0.1) is 48.5 Å². The molecule has 4 rings (SSSR count). The van der Waals surface area contributed by atoms with E-state index < -0.39 is 0 Å².